The van der Waals surface area contributed by atoms with E-state index in [0.717, 1.165) is 22.3 Å². The van der Waals surface area contributed by atoms with E-state index >= 15 is 4.39 Å². The van der Waals surface area contributed by atoms with Crippen molar-refractivity contribution in [3.8, 4) is 22.5 Å². The van der Waals surface area contributed by atoms with Gasteiger partial charge in [0.15, 0.2) is 5.60 Å². The van der Waals surface area contributed by atoms with Gasteiger partial charge in [0.05, 0.1) is 48.0 Å². The summed E-state index contributed by atoms with van der Waals surface area (Å²) in [7, 11) is 0. The zero-order valence-electron chi connectivity index (χ0n) is 40.1. The number of aliphatic hydroxyl groups is 1. The molecule has 4 aliphatic rings. The van der Waals surface area contributed by atoms with E-state index in [0.29, 0.717) is 45.4 Å². The second kappa shape index (κ2) is 19.0. The number of nitrogens with zero attached hydrogens (tertiary/aromatic N) is 2. The van der Waals surface area contributed by atoms with Gasteiger partial charge in [0.25, 0.3) is 5.56 Å². The third-order valence-corrected chi connectivity index (χ3v) is 13.8. The maximum absolute atomic E-state index is 15.5. The Hall–Kier alpha value is -7.47. The number of cyclic esters (lactones) is 1. The van der Waals surface area contributed by atoms with Crippen molar-refractivity contribution in [1.29, 1.82) is 0 Å². The molecule has 2 aromatic heterocycles. The first-order valence-corrected chi connectivity index (χ1v) is 23.9. The zero-order valence-corrected chi connectivity index (χ0v) is 40.1. The van der Waals surface area contributed by atoms with Gasteiger partial charge in [0.1, 0.15) is 30.7 Å². The highest BCUT2D eigenvalue weighted by atomic mass is 19.1. The summed E-state index contributed by atoms with van der Waals surface area (Å²) in [5.74, 6) is -4.04. The molecule has 18 heteroatoms. The van der Waals surface area contributed by atoms with Gasteiger partial charge in [0, 0.05) is 41.5 Å². The maximum Gasteiger partial charge on any atom is 0.407 e. The number of ether oxygens (including phenoxy) is 3. The molecule has 2 aliphatic carbocycles. The lowest BCUT2D eigenvalue weighted by Gasteiger charge is -2.31. The van der Waals surface area contributed by atoms with E-state index in [9.17, 15) is 38.7 Å². The summed E-state index contributed by atoms with van der Waals surface area (Å²) >= 11 is 0. The summed E-state index contributed by atoms with van der Waals surface area (Å²) in [6.07, 6.45) is -0.684. The van der Waals surface area contributed by atoms with Gasteiger partial charge in [-0.05, 0) is 98.4 Å². The molecule has 9 rings (SSSR count). The number of hydrogen-bond acceptors (Lipinski definition) is 12. The Morgan fingerprint density at radius 2 is 1.68 bits per heavy atom. The lowest BCUT2D eigenvalue weighted by Crippen LogP contribution is -2.49. The minimum absolute atomic E-state index is 0.00979. The molecule has 71 heavy (non-hydrogen) atoms. The Morgan fingerprint density at radius 3 is 2.37 bits per heavy atom. The monoisotopic (exact) mass is 970 g/mol. The molecule has 0 radical (unpaired) electrons. The van der Waals surface area contributed by atoms with E-state index < -0.39 is 76.8 Å². The summed E-state index contributed by atoms with van der Waals surface area (Å²) in [5, 5.41) is 22.9. The lowest BCUT2D eigenvalue weighted by molar-refractivity contribution is -0.172. The first-order chi connectivity index (χ1) is 33.9. The van der Waals surface area contributed by atoms with Gasteiger partial charge in [0.2, 0.25) is 17.7 Å². The maximum atomic E-state index is 15.5. The first kappa shape index (κ1) is 48.5. The normalized spacial score (nSPS) is 17.7. The van der Waals surface area contributed by atoms with Crippen LogP contribution in [0.1, 0.15) is 116 Å². The topological polar surface area (TPSA) is 233 Å². The molecule has 5 N–H and O–H groups in total. The number of rotatable bonds is 14. The largest absolute Gasteiger partial charge is 0.460 e. The van der Waals surface area contributed by atoms with Gasteiger partial charge in [-0.15, -0.1) is 0 Å². The molecule has 4 amide bonds. The van der Waals surface area contributed by atoms with Crippen LogP contribution in [0, 0.1) is 12.7 Å². The molecule has 0 unspecified atom stereocenters. The van der Waals surface area contributed by atoms with E-state index in [-0.39, 0.29) is 81.1 Å². The molecule has 2 aliphatic heterocycles. The smallest absolute Gasteiger partial charge is 0.407 e. The summed E-state index contributed by atoms with van der Waals surface area (Å²) in [6, 6.07) is 16.6. The number of alkyl carbamates (subject to hydrolysis) is 1. The van der Waals surface area contributed by atoms with Crippen LogP contribution in [0.5, 0.6) is 0 Å². The predicted molar refractivity (Wildman–Crippen MR) is 256 cm³/mol. The quantitative estimate of drug-likeness (QED) is 0.0533. The summed E-state index contributed by atoms with van der Waals surface area (Å²) in [6.45, 7) is 7.74. The summed E-state index contributed by atoms with van der Waals surface area (Å²) in [5.41, 5.74) is 4.23. The van der Waals surface area contributed by atoms with Crippen LogP contribution in [-0.2, 0) is 63.4 Å². The van der Waals surface area contributed by atoms with Crippen LogP contribution in [0.15, 0.2) is 65.5 Å². The number of aryl methyl sites for hydroxylation is 1. The molecule has 5 aromatic rings. The zero-order chi connectivity index (χ0) is 50.5. The van der Waals surface area contributed by atoms with Crippen LogP contribution in [0.3, 0.4) is 0 Å². The SMILES string of the molecule is CC[C@@]1(O)C(=O)OCc2c1cc1n(c2=O)Cc2c-1nc1cc(F)c(C)c3c1c2[C@@H](NC(=O)[C@H](CC(=O)OC(C)(C)C)NC(=O)CCCNC(=O)CNC(=O)OCC1c2ccccc2-c2ccccc21)CC3. The van der Waals surface area contributed by atoms with E-state index in [1.807, 2.05) is 48.5 Å². The molecule has 0 saturated carbocycles. The Morgan fingerprint density at radius 1 is 0.972 bits per heavy atom. The number of fused-ring (bicyclic) bond motifs is 8. The summed E-state index contributed by atoms with van der Waals surface area (Å²) in [4.78, 5) is 98.2. The second-order valence-electron chi connectivity index (χ2n) is 19.5. The van der Waals surface area contributed by atoms with Crippen LogP contribution < -0.4 is 26.8 Å². The highest BCUT2D eigenvalue weighted by Crippen LogP contribution is 2.47. The molecule has 4 heterocycles. The number of pyridine rings is 2. The average Bonchev–Trinajstić information content (AvgIpc) is 3.87. The fraction of sp³-hybridized carbons (Fsp3) is 0.396. The molecule has 3 aromatic carbocycles. The van der Waals surface area contributed by atoms with Gasteiger partial charge in [-0.25, -0.2) is 19.0 Å². The number of benzene rings is 3. The number of halogens is 1. The number of amides is 4. The van der Waals surface area contributed by atoms with Crippen molar-refractivity contribution in [1.82, 2.24) is 30.8 Å². The highest BCUT2D eigenvalue weighted by Gasteiger charge is 2.46. The minimum atomic E-state index is -2.07. The van der Waals surface area contributed by atoms with Crippen molar-refractivity contribution in [3.63, 3.8) is 0 Å². The molecule has 0 saturated heterocycles. The first-order valence-electron chi connectivity index (χ1n) is 23.9. The Kier molecular flexibility index (Phi) is 13.0. The minimum Gasteiger partial charge on any atom is -0.460 e. The van der Waals surface area contributed by atoms with E-state index in [2.05, 4.69) is 21.3 Å². The van der Waals surface area contributed by atoms with Crippen LogP contribution >= 0.6 is 0 Å². The fourth-order valence-corrected chi connectivity index (χ4v) is 10.3. The van der Waals surface area contributed by atoms with Crippen molar-refractivity contribution in [2.24, 2.45) is 0 Å². The third-order valence-electron chi connectivity index (χ3n) is 13.8. The lowest BCUT2D eigenvalue weighted by atomic mass is 9.81. The molecule has 370 valence electrons. The number of esters is 2. The second-order valence-corrected chi connectivity index (χ2v) is 19.5. The number of carbonyl (C=O) groups excluding carboxylic acids is 6. The number of aromatic nitrogens is 2. The molecule has 0 bridgehead atoms. The van der Waals surface area contributed by atoms with Crippen molar-refractivity contribution in [3.05, 3.63) is 121 Å². The Balaban J connectivity index is 0.862. The van der Waals surface area contributed by atoms with Crippen molar-refractivity contribution < 1.29 is 52.5 Å². The fourth-order valence-electron chi connectivity index (χ4n) is 10.3. The molecule has 0 spiro atoms. The van der Waals surface area contributed by atoms with E-state index in [4.69, 9.17) is 19.2 Å². The molecule has 0 fully saturated rings. The Bertz CT molecular complexity index is 3080. The number of hydrogen-bond donors (Lipinski definition) is 5. The van der Waals surface area contributed by atoms with E-state index in [1.54, 1.807) is 40.7 Å². The van der Waals surface area contributed by atoms with Crippen LogP contribution in [0.25, 0.3) is 33.4 Å². The van der Waals surface area contributed by atoms with Crippen LogP contribution in [-0.4, -0.2) is 81.8 Å². The van der Waals surface area contributed by atoms with Crippen molar-refractivity contribution in [2.45, 2.75) is 115 Å². The van der Waals surface area contributed by atoms with Gasteiger partial charge in [-0.1, -0.05) is 55.5 Å². The van der Waals surface area contributed by atoms with Gasteiger partial charge < -0.3 is 45.2 Å². The predicted octanol–water partition coefficient (Wildman–Crippen LogP) is 5.28. The van der Waals surface area contributed by atoms with Crippen molar-refractivity contribution in [2.75, 3.05) is 19.7 Å². The van der Waals surface area contributed by atoms with Gasteiger partial charge in [-0.2, -0.15) is 0 Å². The number of carbonyl (C=O) groups is 6. The highest BCUT2D eigenvalue weighted by molar-refractivity contribution is 5.96. The van der Waals surface area contributed by atoms with Crippen molar-refractivity contribution >= 4 is 46.7 Å². The Labute approximate surface area is 407 Å². The van der Waals surface area contributed by atoms with E-state index in [1.165, 1.54) is 10.6 Å². The van der Waals surface area contributed by atoms with Gasteiger partial charge in [-0.3, -0.25) is 24.0 Å². The molecular formula is C53H55FN6O11. The summed E-state index contributed by atoms with van der Waals surface area (Å²) < 4.78 is 33.3. The standard InChI is InChI=1S/C53H55FN6O11/c1-6-53(68)36-20-41-47-33(24-60(41)49(65)35(36)26-69-50(53)66)46-38(18-17-28-27(2)37(54)21-39(58-47)45(28)46)59-48(64)40(22-44(63)71-52(3,4)5)57-42(61)16-11-19-55-43(62)23-56-51(67)70-25-34-31-14-9-7-12-29(31)30-13-8-10-15-32(30)34/h7-10,12-15,20-21,34,38,40,68H,6,11,16-19,22-26H2,1-5H3,(H,55,62)(H,56,67)(H,57,61)(H,59,64)/t38-,40-,53-/m0/s1. The molecule has 17 nitrogen and oxygen atoms in total. The van der Waals surface area contributed by atoms with Gasteiger partial charge >= 0.3 is 18.0 Å². The third kappa shape index (κ3) is 9.23. The van der Waals surface area contributed by atoms with Crippen LogP contribution in [0.2, 0.25) is 0 Å². The number of nitrogens with one attached hydrogen (secondary N) is 4. The molecule has 3 atom stereocenters. The van der Waals surface area contributed by atoms with Crippen LogP contribution in [0.4, 0.5) is 9.18 Å². The average molecular weight is 971 g/mol. The molecular weight excluding hydrogens is 916 g/mol.